The molecule has 0 bridgehead atoms. The molecule has 9 aromatic carbocycles. The average molecular weight is 752 g/mol. The molecule has 3 heterocycles. The maximum Gasteiger partial charge on any atom is 0.131 e. The molecule has 0 unspecified atom stereocenters. The second-order valence-corrected chi connectivity index (χ2v) is 15.4. The fraction of sp³-hybridized carbons (Fsp3) is 0. The Kier molecular flexibility index (Phi) is 7.54. The highest BCUT2D eigenvalue weighted by atomic mass is 15.1. The Morgan fingerprint density at radius 3 is 1.36 bits per heavy atom. The van der Waals surface area contributed by atoms with E-state index in [0.29, 0.717) is 0 Å². The minimum atomic E-state index is 1.10. The van der Waals surface area contributed by atoms with Gasteiger partial charge in [0.1, 0.15) is 5.65 Å². The van der Waals surface area contributed by atoms with Crippen LogP contribution in [0.2, 0.25) is 0 Å². The first kappa shape index (κ1) is 33.3. The topological polar surface area (TPSA) is 12.6 Å². The third kappa shape index (κ3) is 5.29. The summed E-state index contributed by atoms with van der Waals surface area (Å²) in [6, 6.07) is 81.4. The van der Waals surface area contributed by atoms with Crippen LogP contribution in [-0.4, -0.2) is 8.97 Å². The summed E-state index contributed by atoms with van der Waals surface area (Å²) in [6.45, 7) is 0. The van der Waals surface area contributed by atoms with Crippen LogP contribution in [0.25, 0.3) is 88.2 Å². The number of anilines is 3. The fourth-order valence-electron chi connectivity index (χ4n) is 9.33. The molecule has 0 atom stereocenters. The van der Waals surface area contributed by atoms with Gasteiger partial charge in [0.25, 0.3) is 0 Å². The first-order valence-electron chi connectivity index (χ1n) is 20.3. The van der Waals surface area contributed by atoms with E-state index in [9.17, 15) is 0 Å². The SMILES string of the molecule is c1ccc(-c2ccc(N(c3ccc(-c4ccccc4)cc3)c3ccc(-c4ccc5c(c4)c4c6cccc7c8ccccc8n(c76)c4n5-c4ccccc4)cc3)cc2)cc1. The molecule has 3 aromatic heterocycles. The van der Waals surface area contributed by atoms with Crippen molar-refractivity contribution in [2.24, 2.45) is 0 Å². The van der Waals surface area contributed by atoms with E-state index in [2.05, 4.69) is 238 Å². The summed E-state index contributed by atoms with van der Waals surface area (Å²) in [7, 11) is 0. The van der Waals surface area contributed by atoms with Gasteiger partial charge in [-0.2, -0.15) is 0 Å². The molecule has 0 aliphatic carbocycles. The Bertz CT molecular complexity index is 3350. The molecule has 0 aliphatic heterocycles. The third-order valence-electron chi connectivity index (χ3n) is 12.1. The van der Waals surface area contributed by atoms with Crippen LogP contribution >= 0.6 is 0 Å². The van der Waals surface area contributed by atoms with E-state index in [-0.39, 0.29) is 0 Å². The molecule has 0 radical (unpaired) electrons. The molecule has 0 spiro atoms. The summed E-state index contributed by atoms with van der Waals surface area (Å²) < 4.78 is 4.94. The number of hydrogen-bond acceptors (Lipinski definition) is 1. The van der Waals surface area contributed by atoms with Crippen molar-refractivity contribution >= 4 is 66.2 Å². The molecule has 0 saturated carbocycles. The van der Waals surface area contributed by atoms with E-state index < -0.39 is 0 Å². The predicted octanol–water partition coefficient (Wildman–Crippen LogP) is 15.3. The maximum absolute atomic E-state index is 2.49. The smallest absolute Gasteiger partial charge is 0.131 e. The van der Waals surface area contributed by atoms with Gasteiger partial charge in [0.2, 0.25) is 0 Å². The van der Waals surface area contributed by atoms with Gasteiger partial charge in [-0.1, -0.05) is 158 Å². The van der Waals surface area contributed by atoms with Gasteiger partial charge >= 0.3 is 0 Å². The van der Waals surface area contributed by atoms with Crippen LogP contribution in [0.5, 0.6) is 0 Å². The Morgan fingerprint density at radius 1 is 0.305 bits per heavy atom. The van der Waals surface area contributed by atoms with Crippen LogP contribution in [0.15, 0.2) is 224 Å². The Balaban J connectivity index is 0.991. The summed E-state index contributed by atoms with van der Waals surface area (Å²) in [5, 5.41) is 6.41. The zero-order valence-corrected chi connectivity index (χ0v) is 32.2. The van der Waals surface area contributed by atoms with E-state index >= 15 is 0 Å². The van der Waals surface area contributed by atoms with Crippen molar-refractivity contribution in [3.63, 3.8) is 0 Å². The van der Waals surface area contributed by atoms with E-state index in [4.69, 9.17) is 0 Å². The second kappa shape index (κ2) is 13.4. The Morgan fingerprint density at radius 2 is 0.763 bits per heavy atom. The van der Waals surface area contributed by atoms with Crippen molar-refractivity contribution in [2.45, 2.75) is 0 Å². The number of benzene rings is 9. The molecular weight excluding hydrogens is 715 g/mol. The first-order chi connectivity index (χ1) is 29.3. The van der Waals surface area contributed by atoms with Gasteiger partial charge in [0.15, 0.2) is 0 Å². The zero-order valence-electron chi connectivity index (χ0n) is 32.2. The summed E-state index contributed by atoms with van der Waals surface area (Å²) in [5.74, 6) is 0. The van der Waals surface area contributed by atoms with Crippen LogP contribution in [0.1, 0.15) is 0 Å². The minimum absolute atomic E-state index is 1.10. The molecule has 0 fully saturated rings. The largest absolute Gasteiger partial charge is 0.311 e. The van der Waals surface area contributed by atoms with Crippen molar-refractivity contribution in [1.29, 1.82) is 0 Å². The highest BCUT2D eigenvalue weighted by molar-refractivity contribution is 6.29. The van der Waals surface area contributed by atoms with E-state index in [0.717, 1.165) is 22.7 Å². The summed E-state index contributed by atoms with van der Waals surface area (Å²) in [5.41, 5.74) is 16.6. The van der Waals surface area contributed by atoms with E-state index in [1.165, 1.54) is 82.5 Å². The lowest BCUT2D eigenvalue weighted by molar-refractivity contribution is 1.12. The van der Waals surface area contributed by atoms with Gasteiger partial charge < -0.3 is 4.90 Å². The lowest BCUT2D eigenvalue weighted by Crippen LogP contribution is -2.09. The molecule has 3 nitrogen and oxygen atoms in total. The van der Waals surface area contributed by atoms with Crippen LogP contribution in [-0.2, 0) is 0 Å². The quantitative estimate of drug-likeness (QED) is 0.158. The number of hydrogen-bond donors (Lipinski definition) is 0. The number of rotatable bonds is 7. The van der Waals surface area contributed by atoms with Crippen LogP contribution in [0.4, 0.5) is 17.1 Å². The standard InChI is InChI=1S/C56H37N3/c1-4-13-38(14-5-1)40-23-30-45(31-24-40)57(46-32-25-41(26-33-46)39-15-6-2-7-16-39)47-34-27-42(28-35-47)43-29-36-53-51(37-43)54-50-21-12-20-49-48-19-10-11-22-52(48)59(55(49)50)56(54)58(53)44-17-8-3-9-18-44/h1-37H. The van der Waals surface area contributed by atoms with Crippen molar-refractivity contribution in [1.82, 2.24) is 8.97 Å². The Hall–Kier alpha value is -7.88. The molecule has 12 rings (SSSR count). The number of nitrogens with zero attached hydrogens (tertiary/aromatic N) is 3. The van der Waals surface area contributed by atoms with Crippen molar-refractivity contribution < 1.29 is 0 Å². The summed E-state index contributed by atoms with van der Waals surface area (Å²) in [4.78, 5) is 2.35. The van der Waals surface area contributed by atoms with Crippen LogP contribution in [0.3, 0.4) is 0 Å². The molecule has 276 valence electrons. The van der Waals surface area contributed by atoms with Crippen molar-refractivity contribution in [3.8, 4) is 39.1 Å². The normalized spacial score (nSPS) is 11.7. The molecule has 0 saturated heterocycles. The van der Waals surface area contributed by atoms with E-state index in [1.54, 1.807) is 0 Å². The molecular formula is C56H37N3. The van der Waals surface area contributed by atoms with Gasteiger partial charge in [-0.3, -0.25) is 8.97 Å². The van der Waals surface area contributed by atoms with Crippen LogP contribution in [0, 0.1) is 0 Å². The maximum atomic E-state index is 2.49. The van der Waals surface area contributed by atoms with Gasteiger partial charge in [-0.15, -0.1) is 0 Å². The summed E-state index contributed by atoms with van der Waals surface area (Å²) >= 11 is 0. The lowest BCUT2D eigenvalue weighted by Gasteiger charge is -2.26. The molecule has 0 aliphatic rings. The zero-order chi connectivity index (χ0) is 38.9. The van der Waals surface area contributed by atoms with Crippen molar-refractivity contribution in [2.75, 3.05) is 4.90 Å². The molecule has 0 amide bonds. The lowest BCUT2D eigenvalue weighted by atomic mass is 10.0. The molecule has 0 N–H and O–H groups in total. The number of fused-ring (bicyclic) bond motifs is 8. The third-order valence-corrected chi connectivity index (χ3v) is 12.1. The van der Waals surface area contributed by atoms with Gasteiger partial charge in [-0.05, 0) is 100 Å². The predicted molar refractivity (Wildman–Crippen MR) is 249 cm³/mol. The monoisotopic (exact) mass is 751 g/mol. The minimum Gasteiger partial charge on any atom is -0.311 e. The highest BCUT2D eigenvalue weighted by Gasteiger charge is 2.24. The molecule has 3 heteroatoms. The van der Waals surface area contributed by atoms with Crippen molar-refractivity contribution in [3.05, 3.63) is 224 Å². The second-order valence-electron chi connectivity index (χ2n) is 15.4. The van der Waals surface area contributed by atoms with Crippen LogP contribution < -0.4 is 4.90 Å². The van der Waals surface area contributed by atoms with Gasteiger partial charge in [0.05, 0.1) is 16.6 Å². The average Bonchev–Trinajstić information content (AvgIpc) is 3.95. The number of para-hydroxylation sites is 3. The van der Waals surface area contributed by atoms with Gasteiger partial charge in [-0.25, -0.2) is 0 Å². The highest BCUT2D eigenvalue weighted by Crippen LogP contribution is 2.45. The van der Waals surface area contributed by atoms with Gasteiger partial charge in [0, 0.05) is 49.7 Å². The summed E-state index contributed by atoms with van der Waals surface area (Å²) in [6.07, 6.45) is 0. The molecule has 59 heavy (non-hydrogen) atoms. The molecule has 12 aromatic rings. The fourth-order valence-corrected chi connectivity index (χ4v) is 9.33. The Labute approximate surface area is 342 Å². The first-order valence-corrected chi connectivity index (χ1v) is 20.3. The number of aromatic nitrogens is 2. The van der Waals surface area contributed by atoms with E-state index in [1.807, 2.05) is 0 Å².